The quantitative estimate of drug-likeness (QED) is 0.784. The largest absolute Gasteiger partial charge is 0.359 e. The highest BCUT2D eigenvalue weighted by Crippen LogP contribution is 2.11. The Labute approximate surface area is 100 Å². The molecule has 1 atom stereocenters. The Morgan fingerprint density at radius 2 is 2.38 bits per heavy atom. The fourth-order valence-corrected chi connectivity index (χ4v) is 2.18. The summed E-state index contributed by atoms with van der Waals surface area (Å²) in [4.78, 5) is 16.6. The van der Waals surface area contributed by atoms with E-state index in [0.717, 1.165) is 18.0 Å². The molecule has 1 unspecified atom stereocenters. The van der Waals surface area contributed by atoms with Gasteiger partial charge in [0.25, 0.3) is 0 Å². The standard InChI is InChI=1S/C11H19N3OS/c1-8(6-10(15)12-3)13-5-4-11-14-7-9(2)16-11/h7-8,13H,4-6H2,1-3H3,(H,12,15). The number of nitrogens with zero attached hydrogens (tertiary/aromatic N) is 1. The van der Waals surface area contributed by atoms with Gasteiger partial charge in [0, 0.05) is 43.5 Å². The minimum Gasteiger partial charge on any atom is -0.359 e. The molecule has 1 rings (SSSR count). The van der Waals surface area contributed by atoms with Crippen molar-refractivity contribution < 1.29 is 4.79 Å². The van der Waals surface area contributed by atoms with Crippen molar-refractivity contribution in [3.63, 3.8) is 0 Å². The maximum atomic E-state index is 11.1. The highest BCUT2D eigenvalue weighted by molar-refractivity contribution is 7.11. The van der Waals surface area contributed by atoms with Crippen LogP contribution in [0.4, 0.5) is 0 Å². The van der Waals surface area contributed by atoms with Crippen LogP contribution in [0.1, 0.15) is 23.2 Å². The predicted octanol–water partition coefficient (Wildman–Crippen LogP) is 1.11. The molecule has 0 aromatic carbocycles. The SMILES string of the molecule is CNC(=O)CC(C)NCCc1ncc(C)s1. The first kappa shape index (κ1) is 13.1. The second kappa shape index (κ2) is 6.60. The third-order valence-electron chi connectivity index (χ3n) is 2.27. The summed E-state index contributed by atoms with van der Waals surface area (Å²) < 4.78 is 0. The van der Waals surface area contributed by atoms with Crippen LogP contribution >= 0.6 is 11.3 Å². The molecule has 0 spiro atoms. The number of thiazole rings is 1. The van der Waals surface area contributed by atoms with Crippen molar-refractivity contribution >= 4 is 17.2 Å². The van der Waals surface area contributed by atoms with Gasteiger partial charge in [-0.2, -0.15) is 0 Å². The normalized spacial score (nSPS) is 12.4. The number of amides is 1. The molecule has 0 aliphatic carbocycles. The summed E-state index contributed by atoms with van der Waals surface area (Å²) in [6, 6.07) is 0.209. The Morgan fingerprint density at radius 1 is 1.62 bits per heavy atom. The average Bonchev–Trinajstić information content (AvgIpc) is 2.64. The van der Waals surface area contributed by atoms with E-state index in [-0.39, 0.29) is 11.9 Å². The van der Waals surface area contributed by atoms with Gasteiger partial charge in [-0.3, -0.25) is 4.79 Å². The molecule has 0 aliphatic rings. The fraction of sp³-hybridized carbons (Fsp3) is 0.636. The van der Waals surface area contributed by atoms with E-state index in [2.05, 4.69) is 22.5 Å². The van der Waals surface area contributed by atoms with E-state index in [9.17, 15) is 4.79 Å². The third kappa shape index (κ3) is 4.72. The summed E-state index contributed by atoms with van der Waals surface area (Å²) in [5.41, 5.74) is 0. The van der Waals surface area contributed by atoms with E-state index in [0.29, 0.717) is 6.42 Å². The van der Waals surface area contributed by atoms with Crippen molar-refractivity contribution in [2.45, 2.75) is 32.7 Å². The van der Waals surface area contributed by atoms with Gasteiger partial charge < -0.3 is 10.6 Å². The first-order valence-electron chi connectivity index (χ1n) is 5.47. The number of carbonyl (C=O) groups excluding carboxylic acids is 1. The minimum absolute atomic E-state index is 0.0742. The summed E-state index contributed by atoms with van der Waals surface area (Å²) in [5.74, 6) is 0.0742. The minimum atomic E-state index is 0.0742. The van der Waals surface area contributed by atoms with E-state index in [1.807, 2.05) is 13.1 Å². The summed E-state index contributed by atoms with van der Waals surface area (Å²) in [6.07, 6.45) is 3.35. The zero-order valence-electron chi connectivity index (χ0n) is 10.0. The lowest BCUT2D eigenvalue weighted by Crippen LogP contribution is -2.33. The Bertz CT molecular complexity index is 338. The molecule has 0 aliphatic heterocycles. The van der Waals surface area contributed by atoms with Crippen LogP contribution in [0, 0.1) is 6.92 Å². The van der Waals surface area contributed by atoms with Gasteiger partial charge >= 0.3 is 0 Å². The third-order valence-corrected chi connectivity index (χ3v) is 3.24. The highest BCUT2D eigenvalue weighted by atomic mass is 32.1. The zero-order chi connectivity index (χ0) is 12.0. The van der Waals surface area contributed by atoms with Crippen molar-refractivity contribution in [3.05, 3.63) is 16.1 Å². The van der Waals surface area contributed by atoms with Crippen LogP contribution < -0.4 is 10.6 Å². The van der Waals surface area contributed by atoms with Crippen LogP contribution in [0.3, 0.4) is 0 Å². The lowest BCUT2D eigenvalue weighted by molar-refractivity contribution is -0.121. The molecule has 1 aromatic heterocycles. The summed E-state index contributed by atoms with van der Waals surface area (Å²) in [5, 5.41) is 7.08. The van der Waals surface area contributed by atoms with E-state index in [1.165, 1.54) is 4.88 Å². The van der Waals surface area contributed by atoms with Crippen LogP contribution in [0.15, 0.2) is 6.20 Å². The van der Waals surface area contributed by atoms with Gasteiger partial charge in [0.2, 0.25) is 5.91 Å². The Hall–Kier alpha value is -0.940. The molecule has 0 bridgehead atoms. The van der Waals surface area contributed by atoms with E-state index >= 15 is 0 Å². The van der Waals surface area contributed by atoms with Crippen molar-refractivity contribution in [2.24, 2.45) is 0 Å². The second-order valence-electron chi connectivity index (χ2n) is 3.85. The molecule has 5 heteroatoms. The molecule has 1 aromatic rings. The lowest BCUT2D eigenvalue weighted by atomic mass is 10.2. The van der Waals surface area contributed by atoms with Gasteiger partial charge in [0.15, 0.2) is 0 Å². The average molecular weight is 241 g/mol. The molecule has 4 nitrogen and oxygen atoms in total. The number of rotatable bonds is 6. The number of hydrogen-bond acceptors (Lipinski definition) is 4. The summed E-state index contributed by atoms with van der Waals surface area (Å²) in [7, 11) is 1.66. The molecule has 0 saturated heterocycles. The van der Waals surface area contributed by atoms with Crippen LogP contribution in [0.2, 0.25) is 0 Å². The van der Waals surface area contributed by atoms with Gasteiger partial charge in [-0.05, 0) is 13.8 Å². The molecule has 0 saturated carbocycles. The summed E-state index contributed by atoms with van der Waals surface area (Å²) >= 11 is 1.73. The van der Waals surface area contributed by atoms with Crippen LogP contribution in [-0.4, -0.2) is 30.5 Å². The second-order valence-corrected chi connectivity index (χ2v) is 5.17. The van der Waals surface area contributed by atoms with Gasteiger partial charge in [-0.15, -0.1) is 11.3 Å². The molecule has 16 heavy (non-hydrogen) atoms. The Balaban J connectivity index is 2.17. The maximum Gasteiger partial charge on any atom is 0.221 e. The summed E-state index contributed by atoms with van der Waals surface area (Å²) in [6.45, 7) is 4.94. The number of nitrogens with one attached hydrogen (secondary N) is 2. The first-order valence-corrected chi connectivity index (χ1v) is 6.28. The molecular weight excluding hydrogens is 222 g/mol. The monoisotopic (exact) mass is 241 g/mol. The van der Waals surface area contributed by atoms with Gasteiger partial charge in [-0.25, -0.2) is 4.98 Å². The number of hydrogen-bond donors (Lipinski definition) is 2. The molecule has 0 fully saturated rings. The van der Waals surface area contributed by atoms with E-state index in [1.54, 1.807) is 18.4 Å². The predicted molar refractivity (Wildman–Crippen MR) is 66.7 cm³/mol. The number of aromatic nitrogens is 1. The van der Waals surface area contributed by atoms with Crippen molar-refractivity contribution in [2.75, 3.05) is 13.6 Å². The van der Waals surface area contributed by atoms with E-state index in [4.69, 9.17) is 0 Å². The Morgan fingerprint density at radius 3 is 2.94 bits per heavy atom. The first-order chi connectivity index (χ1) is 7.61. The molecule has 2 N–H and O–H groups in total. The number of aryl methyl sites for hydroxylation is 1. The molecule has 1 heterocycles. The van der Waals surface area contributed by atoms with Gasteiger partial charge in [-0.1, -0.05) is 0 Å². The van der Waals surface area contributed by atoms with Crippen LogP contribution in [0.25, 0.3) is 0 Å². The van der Waals surface area contributed by atoms with Crippen molar-refractivity contribution in [1.29, 1.82) is 0 Å². The topological polar surface area (TPSA) is 54.0 Å². The van der Waals surface area contributed by atoms with Crippen LogP contribution in [0.5, 0.6) is 0 Å². The lowest BCUT2D eigenvalue weighted by Gasteiger charge is -2.11. The van der Waals surface area contributed by atoms with Gasteiger partial charge in [0.1, 0.15) is 0 Å². The molecule has 1 amide bonds. The molecule has 90 valence electrons. The fourth-order valence-electron chi connectivity index (χ4n) is 1.39. The van der Waals surface area contributed by atoms with E-state index < -0.39 is 0 Å². The Kier molecular flexibility index (Phi) is 5.42. The smallest absolute Gasteiger partial charge is 0.221 e. The number of carbonyl (C=O) groups is 1. The zero-order valence-corrected chi connectivity index (χ0v) is 10.9. The van der Waals surface area contributed by atoms with Crippen LogP contribution in [-0.2, 0) is 11.2 Å². The van der Waals surface area contributed by atoms with Crippen molar-refractivity contribution in [1.82, 2.24) is 15.6 Å². The maximum absolute atomic E-state index is 11.1. The molecule has 0 radical (unpaired) electrons. The molecular formula is C11H19N3OS. The van der Waals surface area contributed by atoms with Gasteiger partial charge in [0.05, 0.1) is 5.01 Å². The van der Waals surface area contributed by atoms with Crippen molar-refractivity contribution in [3.8, 4) is 0 Å². The highest BCUT2D eigenvalue weighted by Gasteiger charge is 2.06.